The number of alkyl halides is 4. The minimum absolute atomic E-state index is 0.105. The molecular weight excluding hydrogens is 487 g/mol. The zero-order valence-electron chi connectivity index (χ0n) is 16.3. The van der Waals surface area contributed by atoms with Crippen LogP contribution in [0.1, 0.15) is 25.5 Å². The van der Waals surface area contributed by atoms with Gasteiger partial charge in [-0.25, -0.2) is 4.39 Å². The number of halogens is 5. The van der Waals surface area contributed by atoms with E-state index >= 15 is 0 Å². The summed E-state index contributed by atoms with van der Waals surface area (Å²) in [5.74, 6) is -1.83. The van der Waals surface area contributed by atoms with Gasteiger partial charge in [-0.15, -0.1) is 0 Å². The van der Waals surface area contributed by atoms with Crippen LogP contribution in [0.5, 0.6) is 11.5 Å². The van der Waals surface area contributed by atoms with Gasteiger partial charge in [0.1, 0.15) is 11.8 Å². The van der Waals surface area contributed by atoms with Crippen molar-refractivity contribution in [1.29, 1.82) is 5.26 Å². The van der Waals surface area contributed by atoms with Crippen molar-refractivity contribution < 1.29 is 18.7 Å². The van der Waals surface area contributed by atoms with Crippen molar-refractivity contribution in [2.24, 2.45) is 16.7 Å². The molecular formula is C22H16Cl4FNO3. The molecule has 1 spiro atoms. The highest BCUT2D eigenvalue weighted by molar-refractivity contribution is 6.70. The minimum atomic E-state index is -1.52. The highest BCUT2D eigenvalue weighted by Crippen LogP contribution is 2.97. The normalized spacial score (nSPS) is 24.0. The van der Waals surface area contributed by atoms with Crippen molar-refractivity contribution in [3.05, 3.63) is 59.9 Å². The van der Waals surface area contributed by atoms with E-state index in [-0.39, 0.29) is 11.3 Å². The first kappa shape index (κ1) is 22.5. The van der Waals surface area contributed by atoms with E-state index in [0.717, 1.165) is 6.07 Å². The first-order chi connectivity index (χ1) is 14.4. The Bertz CT molecular complexity index is 1080. The molecule has 9 heteroatoms. The number of benzene rings is 2. The average molecular weight is 503 g/mol. The van der Waals surface area contributed by atoms with Crippen LogP contribution in [-0.2, 0) is 9.53 Å². The van der Waals surface area contributed by atoms with Crippen LogP contribution in [0.15, 0.2) is 48.5 Å². The zero-order chi connectivity index (χ0) is 22.8. The van der Waals surface area contributed by atoms with Gasteiger partial charge in [0.05, 0.1) is 11.3 Å². The summed E-state index contributed by atoms with van der Waals surface area (Å²) in [5.41, 5.74) is -1.57. The number of nitriles is 1. The second-order valence-electron chi connectivity index (χ2n) is 8.16. The van der Waals surface area contributed by atoms with Gasteiger partial charge in [0.25, 0.3) is 0 Å². The summed E-state index contributed by atoms with van der Waals surface area (Å²) in [6.07, 6.45) is -1.31. The molecule has 2 saturated carbocycles. The van der Waals surface area contributed by atoms with Gasteiger partial charge in [0.2, 0.25) is 6.10 Å². The first-order valence-corrected chi connectivity index (χ1v) is 10.8. The van der Waals surface area contributed by atoms with E-state index in [1.807, 2.05) is 6.07 Å². The van der Waals surface area contributed by atoms with Gasteiger partial charge in [-0.1, -0.05) is 84.5 Å². The predicted molar refractivity (Wildman–Crippen MR) is 116 cm³/mol. The SMILES string of the molecule is CC1(C)C(C(=O)OC(C#N)c2ccc(F)c(Oc3ccccc3)c2)C12C(Cl)(Cl)C2(Cl)Cl. The lowest BCUT2D eigenvalue weighted by Gasteiger charge is -2.14. The topological polar surface area (TPSA) is 59.3 Å². The number of para-hydroxylation sites is 1. The number of nitrogens with zero attached hydrogens (tertiary/aromatic N) is 1. The summed E-state index contributed by atoms with van der Waals surface area (Å²) in [5, 5.41) is 9.60. The maximum absolute atomic E-state index is 14.2. The summed E-state index contributed by atoms with van der Waals surface area (Å²) in [6.45, 7) is 3.52. The number of hydrogen-bond donors (Lipinski definition) is 0. The van der Waals surface area contributed by atoms with Crippen LogP contribution < -0.4 is 4.74 Å². The predicted octanol–water partition coefficient (Wildman–Crippen LogP) is 6.73. The van der Waals surface area contributed by atoms with Crippen LogP contribution in [-0.4, -0.2) is 14.6 Å². The monoisotopic (exact) mass is 501 g/mol. The van der Waals surface area contributed by atoms with E-state index in [1.54, 1.807) is 44.2 Å². The van der Waals surface area contributed by atoms with Crippen molar-refractivity contribution in [3.8, 4) is 17.6 Å². The lowest BCUT2D eigenvalue weighted by atomic mass is 10.1. The second kappa shape index (κ2) is 7.15. The fourth-order valence-electron chi connectivity index (χ4n) is 4.57. The minimum Gasteiger partial charge on any atom is -0.454 e. The van der Waals surface area contributed by atoms with Gasteiger partial charge in [-0.2, -0.15) is 5.26 Å². The third kappa shape index (κ3) is 2.96. The fourth-order valence-corrected chi connectivity index (χ4v) is 7.15. The molecule has 2 atom stereocenters. The highest BCUT2D eigenvalue weighted by atomic mass is 35.5. The average Bonchev–Trinajstić information content (AvgIpc) is 3.39. The molecule has 0 radical (unpaired) electrons. The zero-order valence-corrected chi connectivity index (χ0v) is 19.4. The molecule has 4 rings (SSSR count). The van der Waals surface area contributed by atoms with Crippen LogP contribution in [0.2, 0.25) is 0 Å². The summed E-state index contributed by atoms with van der Waals surface area (Å²) in [6, 6.07) is 14.3. The van der Waals surface area contributed by atoms with E-state index in [0.29, 0.717) is 5.75 Å². The van der Waals surface area contributed by atoms with Crippen molar-refractivity contribution in [3.63, 3.8) is 0 Å². The molecule has 2 aromatic rings. The van der Waals surface area contributed by atoms with Gasteiger partial charge in [-0.3, -0.25) is 4.79 Å². The van der Waals surface area contributed by atoms with Gasteiger partial charge in [0.15, 0.2) is 20.2 Å². The Morgan fingerprint density at radius 1 is 1.10 bits per heavy atom. The number of carbonyl (C=O) groups is 1. The van der Waals surface area contributed by atoms with Crippen LogP contribution in [0, 0.1) is 33.9 Å². The smallest absolute Gasteiger partial charge is 0.311 e. The van der Waals surface area contributed by atoms with Crippen molar-refractivity contribution >= 4 is 52.4 Å². The fraction of sp³-hybridized carbons (Fsp3) is 0.364. The summed E-state index contributed by atoms with van der Waals surface area (Å²) in [7, 11) is 0. The molecule has 2 fully saturated rings. The number of ether oxygens (including phenoxy) is 2. The van der Waals surface area contributed by atoms with E-state index in [2.05, 4.69) is 0 Å². The van der Waals surface area contributed by atoms with Gasteiger partial charge in [-0.05, 0) is 29.7 Å². The molecule has 4 nitrogen and oxygen atoms in total. The summed E-state index contributed by atoms with van der Waals surface area (Å²) < 4.78 is 22.2. The molecule has 31 heavy (non-hydrogen) atoms. The second-order valence-corrected chi connectivity index (χ2v) is 10.8. The Labute approximate surface area is 198 Å². The van der Waals surface area contributed by atoms with Crippen LogP contribution in [0.25, 0.3) is 0 Å². The Kier molecular flexibility index (Phi) is 5.18. The van der Waals surface area contributed by atoms with E-state index in [9.17, 15) is 14.4 Å². The summed E-state index contributed by atoms with van der Waals surface area (Å²) >= 11 is 25.1. The quantitative estimate of drug-likeness (QED) is 0.336. The molecule has 0 heterocycles. The molecule has 0 amide bonds. The molecule has 2 aromatic carbocycles. The molecule has 0 bridgehead atoms. The van der Waals surface area contributed by atoms with E-state index in [4.69, 9.17) is 55.9 Å². The highest BCUT2D eigenvalue weighted by Gasteiger charge is 3.05. The van der Waals surface area contributed by atoms with E-state index in [1.165, 1.54) is 12.1 Å². The van der Waals surface area contributed by atoms with Crippen LogP contribution in [0.3, 0.4) is 0 Å². The van der Waals surface area contributed by atoms with Crippen LogP contribution >= 0.6 is 46.4 Å². The van der Waals surface area contributed by atoms with Crippen molar-refractivity contribution in [2.45, 2.75) is 28.6 Å². The molecule has 2 aliphatic rings. The maximum atomic E-state index is 14.2. The third-order valence-corrected chi connectivity index (χ3v) is 8.94. The third-order valence-electron chi connectivity index (χ3n) is 6.23. The largest absolute Gasteiger partial charge is 0.454 e. The molecule has 0 N–H and O–H groups in total. The Balaban J connectivity index is 1.55. The van der Waals surface area contributed by atoms with Crippen molar-refractivity contribution in [2.75, 3.05) is 0 Å². The van der Waals surface area contributed by atoms with Crippen LogP contribution in [0.4, 0.5) is 4.39 Å². The number of hydrogen-bond acceptors (Lipinski definition) is 4. The molecule has 162 valence electrons. The lowest BCUT2D eigenvalue weighted by molar-refractivity contribution is -0.149. The van der Waals surface area contributed by atoms with Gasteiger partial charge < -0.3 is 9.47 Å². The molecule has 0 aliphatic heterocycles. The first-order valence-electron chi connectivity index (χ1n) is 9.31. The Morgan fingerprint density at radius 2 is 1.71 bits per heavy atom. The van der Waals surface area contributed by atoms with Gasteiger partial charge in [0, 0.05) is 5.56 Å². The summed E-state index contributed by atoms with van der Waals surface area (Å²) in [4.78, 5) is 12.9. The number of carbonyl (C=O) groups excluding carboxylic acids is 1. The Hall–Kier alpha value is -1.71. The maximum Gasteiger partial charge on any atom is 0.311 e. The van der Waals surface area contributed by atoms with E-state index < -0.39 is 43.3 Å². The number of esters is 1. The lowest BCUT2D eigenvalue weighted by Crippen LogP contribution is -2.15. The molecule has 2 aliphatic carbocycles. The Morgan fingerprint density at radius 3 is 2.23 bits per heavy atom. The molecule has 0 saturated heterocycles. The standard InChI is InChI=1S/C22H16Cl4FNO3/c1-19(2)17(20(19)21(23,24)22(20,25)26)18(29)31-16(11-28)12-8-9-14(27)15(10-12)30-13-6-4-3-5-7-13/h3-10,16-17H,1-2H3. The van der Waals surface area contributed by atoms with Crippen molar-refractivity contribution in [1.82, 2.24) is 0 Å². The molecule has 0 aromatic heterocycles. The van der Waals surface area contributed by atoms with Gasteiger partial charge >= 0.3 is 5.97 Å². The molecule has 2 unspecified atom stereocenters. The number of rotatable bonds is 5.